The minimum atomic E-state index is 0.163. The van der Waals surface area contributed by atoms with E-state index in [1.54, 1.807) is 7.11 Å². The molecule has 1 fully saturated rings. The van der Waals surface area contributed by atoms with E-state index < -0.39 is 0 Å². The molecule has 0 spiro atoms. The summed E-state index contributed by atoms with van der Waals surface area (Å²) in [4.78, 5) is 0. The molecular weight excluding hydrogens is 214 g/mol. The lowest BCUT2D eigenvalue weighted by Crippen LogP contribution is -2.15. The number of ether oxygens (including phenoxy) is 2. The maximum absolute atomic E-state index is 5.75. The average Bonchev–Trinajstić information content (AvgIpc) is 3.09. The second-order valence-corrected chi connectivity index (χ2v) is 4.81. The van der Waals surface area contributed by atoms with Crippen molar-refractivity contribution in [3.05, 3.63) is 23.8 Å². The maximum atomic E-state index is 5.75. The second-order valence-electron chi connectivity index (χ2n) is 4.81. The van der Waals surface area contributed by atoms with Gasteiger partial charge in [0.2, 0.25) is 0 Å². The van der Waals surface area contributed by atoms with Crippen molar-refractivity contribution in [3.63, 3.8) is 0 Å². The van der Waals surface area contributed by atoms with E-state index in [1.807, 2.05) is 19.9 Å². The van der Waals surface area contributed by atoms with Crippen LogP contribution in [0.1, 0.15) is 32.3 Å². The van der Waals surface area contributed by atoms with Crippen LogP contribution in [0.4, 0.5) is 0 Å². The number of benzene rings is 1. The molecule has 0 bridgehead atoms. The summed E-state index contributed by atoms with van der Waals surface area (Å²) in [5.74, 6) is 1.63. The zero-order valence-corrected chi connectivity index (χ0v) is 10.8. The SMILES string of the molecule is COc1ccc(CNC2CC2)cc1OC(C)C. The monoisotopic (exact) mass is 235 g/mol. The summed E-state index contributed by atoms with van der Waals surface area (Å²) in [6, 6.07) is 6.85. The number of methoxy groups -OCH3 is 1. The van der Waals surface area contributed by atoms with Gasteiger partial charge in [0.25, 0.3) is 0 Å². The first-order valence-corrected chi connectivity index (χ1v) is 6.26. The van der Waals surface area contributed by atoms with Gasteiger partial charge in [0.1, 0.15) is 0 Å². The van der Waals surface area contributed by atoms with Gasteiger partial charge in [0.15, 0.2) is 11.5 Å². The van der Waals surface area contributed by atoms with E-state index in [2.05, 4.69) is 17.4 Å². The van der Waals surface area contributed by atoms with Crippen LogP contribution in [0.15, 0.2) is 18.2 Å². The van der Waals surface area contributed by atoms with Crippen LogP contribution in [-0.4, -0.2) is 19.3 Å². The first-order valence-electron chi connectivity index (χ1n) is 6.26. The van der Waals surface area contributed by atoms with Crippen molar-refractivity contribution in [3.8, 4) is 11.5 Å². The molecule has 3 nitrogen and oxygen atoms in total. The fourth-order valence-electron chi connectivity index (χ4n) is 1.73. The summed E-state index contributed by atoms with van der Waals surface area (Å²) in [6.07, 6.45) is 2.78. The Morgan fingerprint density at radius 3 is 2.65 bits per heavy atom. The Balaban J connectivity index is 2.05. The summed E-state index contributed by atoms with van der Waals surface area (Å²) in [6.45, 7) is 4.95. The van der Waals surface area contributed by atoms with Crippen molar-refractivity contribution in [1.29, 1.82) is 0 Å². The van der Waals surface area contributed by atoms with Crippen LogP contribution in [0, 0.1) is 0 Å². The van der Waals surface area contributed by atoms with Gasteiger partial charge in [-0.1, -0.05) is 6.07 Å². The molecule has 0 aliphatic heterocycles. The third-order valence-electron chi connectivity index (χ3n) is 2.76. The lowest BCUT2D eigenvalue weighted by molar-refractivity contribution is 0.230. The molecule has 0 heterocycles. The minimum Gasteiger partial charge on any atom is -0.493 e. The predicted molar refractivity (Wildman–Crippen MR) is 68.6 cm³/mol. The molecule has 0 atom stereocenters. The summed E-state index contributed by atoms with van der Waals surface area (Å²) in [5, 5.41) is 3.49. The number of hydrogen-bond acceptors (Lipinski definition) is 3. The van der Waals surface area contributed by atoms with Crippen LogP contribution in [0.5, 0.6) is 11.5 Å². The van der Waals surface area contributed by atoms with E-state index in [9.17, 15) is 0 Å². The molecule has 3 heteroatoms. The molecule has 94 valence electrons. The molecule has 2 rings (SSSR count). The van der Waals surface area contributed by atoms with Gasteiger partial charge in [-0.2, -0.15) is 0 Å². The van der Waals surface area contributed by atoms with E-state index in [4.69, 9.17) is 9.47 Å². The van der Waals surface area contributed by atoms with Gasteiger partial charge in [-0.05, 0) is 44.4 Å². The quantitative estimate of drug-likeness (QED) is 0.822. The lowest BCUT2D eigenvalue weighted by atomic mass is 10.2. The summed E-state index contributed by atoms with van der Waals surface area (Å²) in [5.41, 5.74) is 1.24. The third-order valence-corrected chi connectivity index (χ3v) is 2.76. The molecule has 1 aliphatic rings. The maximum Gasteiger partial charge on any atom is 0.161 e. The van der Waals surface area contributed by atoms with Gasteiger partial charge in [0, 0.05) is 12.6 Å². The Hall–Kier alpha value is -1.22. The van der Waals surface area contributed by atoms with Crippen LogP contribution in [0.25, 0.3) is 0 Å². The fourth-order valence-corrected chi connectivity index (χ4v) is 1.73. The molecule has 1 N–H and O–H groups in total. The van der Waals surface area contributed by atoms with E-state index >= 15 is 0 Å². The highest BCUT2D eigenvalue weighted by Crippen LogP contribution is 2.29. The molecule has 0 aromatic heterocycles. The first-order chi connectivity index (χ1) is 8.19. The summed E-state index contributed by atoms with van der Waals surface area (Å²) >= 11 is 0. The standard InChI is InChI=1S/C14H21NO2/c1-10(2)17-14-8-11(4-7-13(14)16-3)9-15-12-5-6-12/h4,7-8,10,12,15H,5-6,9H2,1-3H3. The summed E-state index contributed by atoms with van der Waals surface area (Å²) in [7, 11) is 1.67. The molecule has 0 radical (unpaired) electrons. The highest BCUT2D eigenvalue weighted by atomic mass is 16.5. The van der Waals surface area contributed by atoms with Crippen molar-refractivity contribution < 1.29 is 9.47 Å². The molecule has 0 saturated heterocycles. The molecule has 1 aromatic carbocycles. The highest BCUT2D eigenvalue weighted by molar-refractivity contribution is 5.43. The molecule has 1 aromatic rings. The lowest BCUT2D eigenvalue weighted by Gasteiger charge is -2.15. The van der Waals surface area contributed by atoms with Crippen molar-refractivity contribution >= 4 is 0 Å². The Morgan fingerprint density at radius 1 is 1.29 bits per heavy atom. The van der Waals surface area contributed by atoms with E-state index in [0.29, 0.717) is 0 Å². The van der Waals surface area contributed by atoms with Crippen LogP contribution in [0.3, 0.4) is 0 Å². The van der Waals surface area contributed by atoms with Gasteiger partial charge >= 0.3 is 0 Å². The number of rotatable bonds is 6. The van der Waals surface area contributed by atoms with Crippen molar-refractivity contribution in [2.45, 2.75) is 45.4 Å². The zero-order chi connectivity index (χ0) is 12.3. The Bertz CT molecular complexity index is 372. The van der Waals surface area contributed by atoms with Crippen molar-refractivity contribution in [2.24, 2.45) is 0 Å². The predicted octanol–water partition coefficient (Wildman–Crippen LogP) is 2.73. The fraction of sp³-hybridized carbons (Fsp3) is 0.571. The van der Waals surface area contributed by atoms with Crippen LogP contribution >= 0.6 is 0 Å². The summed E-state index contributed by atoms with van der Waals surface area (Å²) < 4.78 is 11.0. The van der Waals surface area contributed by atoms with Crippen molar-refractivity contribution in [1.82, 2.24) is 5.32 Å². The van der Waals surface area contributed by atoms with Gasteiger partial charge in [-0.25, -0.2) is 0 Å². The zero-order valence-electron chi connectivity index (χ0n) is 10.8. The molecule has 0 unspecified atom stereocenters. The van der Waals surface area contributed by atoms with Crippen molar-refractivity contribution in [2.75, 3.05) is 7.11 Å². The highest BCUT2D eigenvalue weighted by Gasteiger charge is 2.20. The van der Waals surface area contributed by atoms with Gasteiger partial charge in [0.05, 0.1) is 13.2 Å². The molecule has 17 heavy (non-hydrogen) atoms. The van der Waals surface area contributed by atoms with Crippen LogP contribution in [-0.2, 0) is 6.54 Å². The Morgan fingerprint density at radius 2 is 2.06 bits per heavy atom. The molecule has 1 aliphatic carbocycles. The first kappa shape index (κ1) is 12.2. The molecular formula is C14H21NO2. The van der Waals surface area contributed by atoms with Crippen LogP contribution < -0.4 is 14.8 Å². The van der Waals surface area contributed by atoms with E-state index in [-0.39, 0.29) is 6.10 Å². The second kappa shape index (κ2) is 5.41. The van der Waals surface area contributed by atoms with E-state index in [0.717, 1.165) is 24.1 Å². The normalized spacial score (nSPS) is 15.1. The van der Waals surface area contributed by atoms with Gasteiger partial charge in [-0.3, -0.25) is 0 Å². The minimum absolute atomic E-state index is 0.163. The van der Waals surface area contributed by atoms with Gasteiger partial charge in [-0.15, -0.1) is 0 Å². The Labute approximate surface area is 103 Å². The largest absolute Gasteiger partial charge is 0.493 e. The number of hydrogen-bond donors (Lipinski definition) is 1. The van der Waals surface area contributed by atoms with Crippen LogP contribution in [0.2, 0.25) is 0 Å². The molecule has 1 saturated carbocycles. The number of nitrogens with one attached hydrogen (secondary N) is 1. The van der Waals surface area contributed by atoms with Gasteiger partial charge < -0.3 is 14.8 Å². The van der Waals surface area contributed by atoms with E-state index in [1.165, 1.54) is 18.4 Å². The molecule has 0 amide bonds. The third kappa shape index (κ3) is 3.63. The average molecular weight is 235 g/mol. The smallest absolute Gasteiger partial charge is 0.161 e. The Kier molecular flexibility index (Phi) is 3.89. The topological polar surface area (TPSA) is 30.5 Å².